The molecule has 1 heterocycles. The predicted molar refractivity (Wildman–Crippen MR) is 32.4 cm³/mol. The summed E-state index contributed by atoms with van der Waals surface area (Å²) in [5, 5.41) is 0. The van der Waals surface area contributed by atoms with Crippen molar-refractivity contribution in [2.45, 2.75) is 6.92 Å². The molecule has 0 aliphatic carbocycles. The van der Waals surface area contributed by atoms with E-state index in [-0.39, 0.29) is 5.56 Å². The molecule has 1 rings (SSSR count). The number of rotatable bonds is 0. The van der Waals surface area contributed by atoms with Gasteiger partial charge in [0, 0.05) is 11.8 Å². The lowest BCUT2D eigenvalue weighted by atomic mass is 10.4. The van der Waals surface area contributed by atoms with Crippen LogP contribution in [0.1, 0.15) is 5.56 Å². The summed E-state index contributed by atoms with van der Waals surface area (Å²) in [6.45, 7) is 1.62. The molecule has 0 fully saturated rings. The molecule has 0 bridgehead atoms. The third-order valence-electron chi connectivity index (χ3n) is 1.00. The SMILES string of the molecule is Cc1c[nH][13c](=O)[nH]c1=O. The lowest BCUT2D eigenvalue weighted by Gasteiger charge is -1.84. The molecule has 0 aromatic carbocycles. The van der Waals surface area contributed by atoms with Crippen LogP contribution in [0.4, 0.5) is 0 Å². The lowest BCUT2D eigenvalue weighted by molar-refractivity contribution is 1.01. The van der Waals surface area contributed by atoms with Gasteiger partial charge in [-0.25, -0.2) is 4.79 Å². The van der Waals surface area contributed by atoms with Gasteiger partial charge in [0.15, 0.2) is 0 Å². The molecule has 4 nitrogen and oxygen atoms in total. The summed E-state index contributed by atoms with van der Waals surface area (Å²) < 4.78 is 0. The fourth-order valence-electron chi connectivity index (χ4n) is 0.477. The Bertz CT molecular complexity index is 309. The summed E-state index contributed by atoms with van der Waals surface area (Å²) in [6, 6.07) is 0. The van der Waals surface area contributed by atoms with E-state index in [4.69, 9.17) is 0 Å². The standard InChI is InChI=1S/C5H6N2O2/c1-3-2-6-5(9)7-4(3)8/h2H,1H3,(H2,6,7,8,9)/i5+1. The van der Waals surface area contributed by atoms with Gasteiger partial charge < -0.3 is 4.98 Å². The van der Waals surface area contributed by atoms with Crippen LogP contribution in [-0.4, -0.2) is 9.97 Å². The van der Waals surface area contributed by atoms with Gasteiger partial charge in [0.1, 0.15) is 0 Å². The van der Waals surface area contributed by atoms with Crippen LogP contribution >= 0.6 is 0 Å². The molecule has 0 aliphatic rings. The second kappa shape index (κ2) is 1.89. The average Bonchev–Trinajstić information content (AvgIpc) is 1.80. The third-order valence-corrected chi connectivity index (χ3v) is 1.00. The number of aromatic amines is 2. The van der Waals surface area contributed by atoms with Gasteiger partial charge >= 0.3 is 5.69 Å². The fourth-order valence-corrected chi connectivity index (χ4v) is 0.477. The van der Waals surface area contributed by atoms with Crippen molar-refractivity contribution in [3.05, 3.63) is 32.6 Å². The van der Waals surface area contributed by atoms with Crippen molar-refractivity contribution in [1.29, 1.82) is 0 Å². The maximum Gasteiger partial charge on any atom is 0.325 e. The minimum Gasteiger partial charge on any atom is -0.314 e. The van der Waals surface area contributed by atoms with Crippen LogP contribution in [0.5, 0.6) is 0 Å². The van der Waals surface area contributed by atoms with Crippen molar-refractivity contribution in [3.63, 3.8) is 0 Å². The molecule has 0 unspecified atom stereocenters. The molecule has 0 aliphatic heterocycles. The molecular weight excluding hydrogens is 121 g/mol. The molecule has 0 saturated heterocycles. The Morgan fingerprint density at radius 2 is 2.11 bits per heavy atom. The van der Waals surface area contributed by atoms with Gasteiger partial charge in [-0.15, -0.1) is 0 Å². The Labute approximate surface area is 50.6 Å². The normalized spacial score (nSPS) is 9.44. The fraction of sp³-hybridized carbons (Fsp3) is 0.200. The van der Waals surface area contributed by atoms with Gasteiger partial charge in [-0.3, -0.25) is 9.78 Å². The molecule has 48 valence electrons. The lowest BCUT2D eigenvalue weighted by Crippen LogP contribution is -2.22. The van der Waals surface area contributed by atoms with Gasteiger partial charge in [0.2, 0.25) is 0 Å². The average molecular weight is 127 g/mol. The van der Waals surface area contributed by atoms with Crippen molar-refractivity contribution in [1.82, 2.24) is 9.97 Å². The number of aryl methyl sites for hydroxylation is 1. The largest absolute Gasteiger partial charge is 0.325 e. The highest BCUT2D eigenvalue weighted by molar-refractivity contribution is 4.98. The number of hydrogen-bond donors (Lipinski definition) is 2. The van der Waals surface area contributed by atoms with Gasteiger partial charge in [0.05, 0.1) is 0 Å². The van der Waals surface area contributed by atoms with Gasteiger partial charge in [0.25, 0.3) is 5.56 Å². The Hall–Kier alpha value is -1.32. The van der Waals surface area contributed by atoms with Crippen molar-refractivity contribution in [2.24, 2.45) is 0 Å². The highest BCUT2D eigenvalue weighted by Crippen LogP contribution is 1.73. The highest BCUT2D eigenvalue weighted by Gasteiger charge is 1.88. The van der Waals surface area contributed by atoms with Gasteiger partial charge in [-0.05, 0) is 6.92 Å². The Kier molecular flexibility index (Phi) is 1.22. The minimum absolute atomic E-state index is 0.334. The van der Waals surface area contributed by atoms with E-state index in [1.54, 1.807) is 6.92 Å². The number of hydrogen-bond acceptors (Lipinski definition) is 2. The maximum absolute atomic E-state index is 10.6. The molecule has 9 heavy (non-hydrogen) atoms. The van der Waals surface area contributed by atoms with Crippen molar-refractivity contribution < 1.29 is 0 Å². The topological polar surface area (TPSA) is 65.7 Å². The molecule has 0 radical (unpaired) electrons. The Balaban J connectivity index is 3.52. The quantitative estimate of drug-likeness (QED) is 0.487. The first kappa shape index (κ1) is 5.81. The summed E-state index contributed by atoms with van der Waals surface area (Å²) in [6.07, 6.45) is 1.38. The molecule has 0 atom stereocenters. The van der Waals surface area contributed by atoms with Gasteiger partial charge in [-0.2, -0.15) is 0 Å². The first-order chi connectivity index (χ1) is 4.20. The minimum atomic E-state index is -0.467. The summed E-state index contributed by atoms with van der Waals surface area (Å²) >= 11 is 0. The first-order valence-corrected chi connectivity index (χ1v) is 2.49. The van der Waals surface area contributed by atoms with Crippen LogP contribution in [0, 0.1) is 6.92 Å². The van der Waals surface area contributed by atoms with E-state index < -0.39 is 5.69 Å². The van der Waals surface area contributed by atoms with E-state index in [9.17, 15) is 9.59 Å². The molecule has 0 amide bonds. The molecule has 0 spiro atoms. The zero-order valence-corrected chi connectivity index (χ0v) is 4.89. The van der Waals surface area contributed by atoms with Crippen molar-refractivity contribution >= 4 is 0 Å². The second-order valence-corrected chi connectivity index (χ2v) is 1.75. The highest BCUT2D eigenvalue weighted by atomic mass is 16.2. The summed E-state index contributed by atoms with van der Waals surface area (Å²) in [5.41, 5.74) is -0.293. The van der Waals surface area contributed by atoms with Crippen LogP contribution in [0.15, 0.2) is 15.8 Å². The number of nitrogens with one attached hydrogen (secondary N) is 2. The van der Waals surface area contributed by atoms with Gasteiger partial charge in [-0.1, -0.05) is 0 Å². The van der Waals surface area contributed by atoms with E-state index in [2.05, 4.69) is 9.97 Å². The van der Waals surface area contributed by atoms with E-state index in [1.165, 1.54) is 6.20 Å². The smallest absolute Gasteiger partial charge is 0.314 e. The maximum atomic E-state index is 10.6. The van der Waals surface area contributed by atoms with E-state index >= 15 is 0 Å². The monoisotopic (exact) mass is 127 g/mol. The molecule has 2 N–H and O–H groups in total. The summed E-state index contributed by atoms with van der Waals surface area (Å²) in [4.78, 5) is 25.3. The van der Waals surface area contributed by atoms with E-state index in [0.29, 0.717) is 5.56 Å². The number of H-pyrrole nitrogens is 2. The van der Waals surface area contributed by atoms with E-state index in [1.807, 2.05) is 0 Å². The van der Waals surface area contributed by atoms with Crippen LogP contribution in [0.2, 0.25) is 0 Å². The third kappa shape index (κ3) is 1.07. The summed E-state index contributed by atoms with van der Waals surface area (Å²) in [7, 11) is 0. The van der Waals surface area contributed by atoms with Crippen LogP contribution < -0.4 is 11.2 Å². The van der Waals surface area contributed by atoms with Crippen LogP contribution in [0.25, 0.3) is 0 Å². The van der Waals surface area contributed by atoms with E-state index in [0.717, 1.165) is 0 Å². The summed E-state index contributed by atoms with van der Waals surface area (Å²) in [5.74, 6) is 0. The molecule has 1 aromatic rings. The molecular formula is C5H6N2O2. The first-order valence-electron chi connectivity index (χ1n) is 2.49. The Morgan fingerprint density at radius 3 is 2.56 bits per heavy atom. The molecule has 4 heteroatoms. The second-order valence-electron chi connectivity index (χ2n) is 1.75. The van der Waals surface area contributed by atoms with Crippen molar-refractivity contribution in [3.8, 4) is 0 Å². The molecule has 0 saturated carbocycles. The van der Waals surface area contributed by atoms with Crippen LogP contribution in [-0.2, 0) is 0 Å². The number of aromatic nitrogens is 2. The van der Waals surface area contributed by atoms with Crippen molar-refractivity contribution in [2.75, 3.05) is 0 Å². The molecule has 1 aromatic heterocycles. The predicted octanol–water partition coefficient (Wildman–Crippen LogP) is -0.628. The zero-order chi connectivity index (χ0) is 6.85. The zero-order valence-electron chi connectivity index (χ0n) is 4.89. The Morgan fingerprint density at radius 1 is 1.44 bits per heavy atom. The van der Waals surface area contributed by atoms with Crippen LogP contribution in [0.3, 0.4) is 0 Å².